The SMILES string of the molecule is CSC(=Nc1ccccc1OCc1ccccn1)NC#N. The largest absolute Gasteiger partial charge is 0.485 e. The maximum Gasteiger partial charge on any atom is 0.183 e. The van der Waals surface area contributed by atoms with E-state index in [4.69, 9.17) is 10.00 Å². The summed E-state index contributed by atoms with van der Waals surface area (Å²) in [5.74, 6) is 0.648. The maximum absolute atomic E-state index is 8.67. The van der Waals surface area contributed by atoms with Crippen LogP contribution < -0.4 is 10.1 Å². The molecule has 0 saturated heterocycles. The molecule has 0 atom stereocenters. The highest BCUT2D eigenvalue weighted by atomic mass is 32.2. The Balaban J connectivity index is 2.15. The summed E-state index contributed by atoms with van der Waals surface area (Å²) in [5, 5.41) is 11.7. The van der Waals surface area contributed by atoms with Crippen LogP contribution in [0.25, 0.3) is 0 Å². The molecule has 0 fully saturated rings. The summed E-state index contributed by atoms with van der Waals surface area (Å²) in [7, 11) is 0. The van der Waals surface area contributed by atoms with Crippen LogP contribution in [0.1, 0.15) is 5.69 Å². The van der Waals surface area contributed by atoms with E-state index in [9.17, 15) is 0 Å². The molecule has 0 spiro atoms. The maximum atomic E-state index is 8.67. The zero-order valence-electron chi connectivity index (χ0n) is 11.5. The molecule has 0 amide bonds. The Morgan fingerprint density at radius 2 is 2.14 bits per heavy atom. The number of nitrogens with one attached hydrogen (secondary N) is 1. The molecule has 0 saturated carbocycles. The number of aromatic nitrogens is 1. The first-order valence-electron chi connectivity index (χ1n) is 6.23. The van der Waals surface area contributed by atoms with Gasteiger partial charge in [0.15, 0.2) is 11.4 Å². The number of nitrogens with zero attached hydrogens (tertiary/aromatic N) is 3. The third-order valence-corrected chi connectivity index (χ3v) is 3.13. The van der Waals surface area contributed by atoms with Gasteiger partial charge in [-0.2, -0.15) is 5.26 Å². The summed E-state index contributed by atoms with van der Waals surface area (Å²) >= 11 is 1.36. The van der Waals surface area contributed by atoms with E-state index in [0.29, 0.717) is 23.2 Å². The Kier molecular flexibility index (Phi) is 5.61. The van der Waals surface area contributed by atoms with Gasteiger partial charge in [-0.05, 0) is 30.5 Å². The molecule has 5 nitrogen and oxygen atoms in total. The molecule has 0 aliphatic rings. The first kappa shape index (κ1) is 14.9. The number of benzene rings is 1. The Hall–Kier alpha value is -2.52. The van der Waals surface area contributed by atoms with Gasteiger partial charge in [0.05, 0.1) is 5.69 Å². The summed E-state index contributed by atoms with van der Waals surface area (Å²) in [4.78, 5) is 8.59. The lowest BCUT2D eigenvalue weighted by Gasteiger charge is -2.09. The van der Waals surface area contributed by atoms with Crippen molar-refractivity contribution in [3.8, 4) is 11.9 Å². The van der Waals surface area contributed by atoms with Crippen molar-refractivity contribution in [1.82, 2.24) is 10.3 Å². The van der Waals surface area contributed by atoms with Crippen LogP contribution in [0.15, 0.2) is 53.7 Å². The van der Waals surface area contributed by atoms with Crippen molar-refractivity contribution in [3.05, 3.63) is 54.4 Å². The highest BCUT2D eigenvalue weighted by Crippen LogP contribution is 2.28. The minimum Gasteiger partial charge on any atom is -0.485 e. The third-order valence-electron chi connectivity index (χ3n) is 2.55. The van der Waals surface area contributed by atoms with Crippen LogP contribution in [0.2, 0.25) is 0 Å². The van der Waals surface area contributed by atoms with Crippen molar-refractivity contribution in [3.63, 3.8) is 0 Å². The highest BCUT2D eigenvalue weighted by molar-refractivity contribution is 8.13. The van der Waals surface area contributed by atoms with Crippen molar-refractivity contribution in [1.29, 1.82) is 5.26 Å². The molecule has 0 aliphatic heterocycles. The lowest BCUT2D eigenvalue weighted by atomic mass is 10.3. The van der Waals surface area contributed by atoms with E-state index >= 15 is 0 Å². The van der Waals surface area contributed by atoms with Crippen LogP contribution in [-0.2, 0) is 6.61 Å². The van der Waals surface area contributed by atoms with E-state index in [2.05, 4.69) is 15.3 Å². The molecule has 0 radical (unpaired) electrons. The number of hydrogen-bond donors (Lipinski definition) is 1. The van der Waals surface area contributed by atoms with E-state index in [-0.39, 0.29) is 0 Å². The summed E-state index contributed by atoms with van der Waals surface area (Å²) in [6.07, 6.45) is 5.44. The Bertz CT molecular complexity index is 652. The number of aliphatic imine (C=N–C) groups is 1. The molecular formula is C15H14N4OS. The van der Waals surface area contributed by atoms with Crippen LogP contribution >= 0.6 is 11.8 Å². The summed E-state index contributed by atoms with van der Waals surface area (Å²) in [6.45, 7) is 0.369. The molecule has 2 aromatic rings. The van der Waals surface area contributed by atoms with Gasteiger partial charge >= 0.3 is 0 Å². The first-order chi connectivity index (χ1) is 10.3. The molecule has 0 aliphatic carbocycles. The Labute approximate surface area is 127 Å². The third kappa shape index (κ3) is 4.51. The lowest BCUT2D eigenvalue weighted by molar-refractivity contribution is 0.302. The predicted octanol–water partition coefficient (Wildman–Crippen LogP) is 3.08. The molecule has 1 aromatic heterocycles. The van der Waals surface area contributed by atoms with E-state index in [1.165, 1.54) is 11.8 Å². The molecule has 1 heterocycles. The zero-order chi connectivity index (χ0) is 14.9. The van der Waals surface area contributed by atoms with Gasteiger partial charge in [-0.15, -0.1) is 0 Å². The molecule has 2 rings (SSSR count). The minimum absolute atomic E-state index is 0.369. The second-order valence-corrected chi connectivity index (χ2v) is 4.73. The molecule has 1 N–H and O–H groups in total. The smallest absolute Gasteiger partial charge is 0.183 e. The Morgan fingerprint density at radius 3 is 2.86 bits per heavy atom. The molecular weight excluding hydrogens is 284 g/mol. The Morgan fingerprint density at radius 1 is 1.33 bits per heavy atom. The van der Waals surface area contributed by atoms with Gasteiger partial charge in [-0.25, -0.2) is 4.99 Å². The number of pyridine rings is 1. The lowest BCUT2D eigenvalue weighted by Crippen LogP contribution is -2.12. The van der Waals surface area contributed by atoms with Crippen LogP contribution in [-0.4, -0.2) is 16.4 Å². The highest BCUT2D eigenvalue weighted by Gasteiger charge is 2.04. The van der Waals surface area contributed by atoms with Crippen LogP contribution in [0.5, 0.6) is 5.75 Å². The summed E-state index contributed by atoms with van der Waals surface area (Å²) in [6, 6.07) is 13.1. The van der Waals surface area contributed by atoms with Crippen molar-refractivity contribution in [2.24, 2.45) is 4.99 Å². The van der Waals surface area contributed by atoms with Gasteiger partial charge in [0.2, 0.25) is 0 Å². The predicted molar refractivity (Wildman–Crippen MR) is 84.4 cm³/mol. The fraction of sp³-hybridized carbons (Fsp3) is 0.133. The second-order valence-electron chi connectivity index (χ2n) is 3.94. The zero-order valence-corrected chi connectivity index (χ0v) is 12.3. The van der Waals surface area contributed by atoms with Gasteiger partial charge in [-0.3, -0.25) is 10.3 Å². The van der Waals surface area contributed by atoms with Crippen LogP contribution in [0.3, 0.4) is 0 Å². The monoisotopic (exact) mass is 298 g/mol. The van der Waals surface area contributed by atoms with Gasteiger partial charge in [-0.1, -0.05) is 30.0 Å². The van der Waals surface area contributed by atoms with E-state index in [1.807, 2.05) is 54.9 Å². The van der Waals surface area contributed by atoms with Crippen molar-refractivity contribution < 1.29 is 4.74 Å². The van der Waals surface area contributed by atoms with E-state index in [0.717, 1.165) is 5.69 Å². The molecule has 21 heavy (non-hydrogen) atoms. The number of thioether (sulfide) groups is 1. The number of amidine groups is 1. The molecule has 0 unspecified atom stereocenters. The standard InChI is InChI=1S/C15H14N4OS/c1-21-15(18-11-16)19-13-7-2-3-8-14(13)20-10-12-6-4-5-9-17-12/h2-9H,10H2,1H3,(H,18,19). The minimum atomic E-state index is 0.369. The van der Waals surface area contributed by atoms with Crippen molar-refractivity contribution in [2.45, 2.75) is 6.61 Å². The van der Waals surface area contributed by atoms with Crippen molar-refractivity contribution in [2.75, 3.05) is 6.26 Å². The van der Waals surface area contributed by atoms with Crippen molar-refractivity contribution >= 4 is 22.6 Å². The normalized spacial score (nSPS) is 10.8. The van der Waals surface area contributed by atoms with Gasteiger partial charge in [0.1, 0.15) is 18.0 Å². The van der Waals surface area contributed by atoms with Crippen LogP contribution in [0.4, 0.5) is 5.69 Å². The summed E-state index contributed by atoms with van der Waals surface area (Å²) < 4.78 is 5.76. The molecule has 106 valence electrons. The first-order valence-corrected chi connectivity index (χ1v) is 7.45. The fourth-order valence-corrected chi connectivity index (χ4v) is 1.93. The number of para-hydroxylation sites is 2. The summed E-state index contributed by atoms with van der Waals surface area (Å²) in [5.41, 5.74) is 1.51. The topological polar surface area (TPSA) is 70.3 Å². The quantitative estimate of drug-likeness (QED) is 0.406. The number of hydrogen-bond acceptors (Lipinski definition) is 5. The molecule has 1 aromatic carbocycles. The van der Waals surface area contributed by atoms with Gasteiger partial charge < -0.3 is 4.74 Å². The molecule has 0 bridgehead atoms. The average molecular weight is 298 g/mol. The van der Waals surface area contributed by atoms with E-state index in [1.54, 1.807) is 6.20 Å². The second kappa shape index (κ2) is 7.92. The fourth-order valence-electron chi connectivity index (χ4n) is 1.59. The average Bonchev–Trinajstić information content (AvgIpc) is 2.54. The number of nitriles is 1. The van der Waals surface area contributed by atoms with Crippen LogP contribution in [0, 0.1) is 11.5 Å². The van der Waals surface area contributed by atoms with Gasteiger partial charge in [0, 0.05) is 6.20 Å². The number of rotatable bonds is 4. The van der Waals surface area contributed by atoms with Gasteiger partial charge in [0.25, 0.3) is 0 Å². The van der Waals surface area contributed by atoms with E-state index < -0.39 is 0 Å². The number of ether oxygens (including phenoxy) is 1. The molecule has 6 heteroatoms.